The number of nitrogens with zero attached hydrogens (tertiary/aromatic N) is 5. The molecule has 2 aromatic heterocycles. The van der Waals surface area contributed by atoms with Crippen LogP contribution in [0.4, 0.5) is 5.82 Å². The van der Waals surface area contributed by atoms with Crippen LogP contribution in [0, 0.1) is 17.3 Å². The number of aliphatic carboxylic acids is 1. The van der Waals surface area contributed by atoms with Gasteiger partial charge in [-0.2, -0.15) is 5.21 Å². The number of tetrazole rings is 1. The monoisotopic (exact) mass is 399 g/mol. The summed E-state index contributed by atoms with van der Waals surface area (Å²) in [6.45, 7) is 8.36. The van der Waals surface area contributed by atoms with E-state index in [2.05, 4.69) is 35.8 Å². The quantitative estimate of drug-likeness (QED) is 0.610. The van der Waals surface area contributed by atoms with Gasteiger partial charge in [-0.1, -0.05) is 25.1 Å². The van der Waals surface area contributed by atoms with Crippen LogP contribution in [-0.4, -0.2) is 62.9 Å². The van der Waals surface area contributed by atoms with Gasteiger partial charge in [-0.3, -0.25) is 4.79 Å². The average Bonchev–Trinajstić information content (AvgIpc) is 3.35. The number of H-pyrrole nitrogens is 1. The van der Waals surface area contributed by atoms with Crippen molar-refractivity contribution in [2.24, 2.45) is 17.3 Å². The molecule has 2 aliphatic heterocycles. The Labute approximate surface area is 170 Å². The minimum absolute atomic E-state index is 0.259. The van der Waals surface area contributed by atoms with Crippen molar-refractivity contribution in [3.8, 4) is 0 Å². The Balaban J connectivity index is 1.47. The van der Waals surface area contributed by atoms with Crippen LogP contribution in [0.2, 0.25) is 0 Å². The molecule has 29 heavy (non-hydrogen) atoms. The summed E-state index contributed by atoms with van der Waals surface area (Å²) in [4.78, 5) is 18.9. The van der Waals surface area contributed by atoms with E-state index in [1.165, 1.54) is 6.42 Å². The van der Waals surface area contributed by atoms with Gasteiger partial charge in [-0.05, 0) is 43.4 Å². The van der Waals surface area contributed by atoms with Gasteiger partial charge in [0.1, 0.15) is 5.82 Å². The number of rotatable bonds is 8. The zero-order chi connectivity index (χ0) is 20.4. The van der Waals surface area contributed by atoms with Gasteiger partial charge in [0.05, 0.1) is 5.92 Å². The number of carboxylic acid groups (broad SMARTS) is 1. The van der Waals surface area contributed by atoms with Crippen LogP contribution in [0.25, 0.3) is 0 Å². The lowest BCUT2D eigenvalue weighted by Crippen LogP contribution is -2.57. The molecule has 3 N–H and O–H groups in total. The smallest absolute Gasteiger partial charge is 0.307 e. The van der Waals surface area contributed by atoms with E-state index < -0.39 is 11.9 Å². The largest absolute Gasteiger partial charge is 0.481 e. The van der Waals surface area contributed by atoms with E-state index in [1.807, 2.05) is 32.2 Å². The lowest BCUT2D eigenvalue weighted by Gasteiger charge is -2.48. The number of hydrogen-bond donors (Lipinski definition) is 3. The summed E-state index contributed by atoms with van der Waals surface area (Å²) in [5.74, 6) is -0.0561. The van der Waals surface area contributed by atoms with Gasteiger partial charge in [0.15, 0.2) is 5.82 Å². The van der Waals surface area contributed by atoms with Crippen LogP contribution in [0.3, 0.4) is 0 Å². The first-order valence-corrected chi connectivity index (χ1v) is 10.3. The first-order valence-electron chi connectivity index (χ1n) is 10.3. The molecule has 2 aromatic rings. The Morgan fingerprint density at radius 3 is 2.72 bits per heavy atom. The topological polar surface area (TPSA) is 120 Å². The van der Waals surface area contributed by atoms with E-state index in [0.29, 0.717) is 24.1 Å². The molecule has 1 spiro atoms. The normalized spacial score (nSPS) is 20.0. The van der Waals surface area contributed by atoms with Crippen LogP contribution in [0.15, 0.2) is 18.3 Å². The maximum Gasteiger partial charge on any atom is 0.307 e. The average molecular weight is 399 g/mol. The molecule has 0 radical (unpaired) electrons. The van der Waals surface area contributed by atoms with Crippen molar-refractivity contribution in [1.82, 2.24) is 30.9 Å². The second-order valence-corrected chi connectivity index (χ2v) is 8.96. The summed E-state index contributed by atoms with van der Waals surface area (Å²) in [6.07, 6.45) is 4.17. The number of pyridine rings is 1. The highest BCUT2D eigenvalue weighted by molar-refractivity contribution is 5.71. The predicted molar refractivity (Wildman–Crippen MR) is 108 cm³/mol. The number of aromatic amines is 1. The second-order valence-electron chi connectivity index (χ2n) is 8.96. The van der Waals surface area contributed by atoms with Crippen molar-refractivity contribution < 1.29 is 9.90 Å². The van der Waals surface area contributed by atoms with Crippen molar-refractivity contribution in [3.63, 3.8) is 0 Å². The second kappa shape index (κ2) is 8.06. The van der Waals surface area contributed by atoms with Gasteiger partial charge in [0, 0.05) is 37.2 Å². The molecule has 2 atom stereocenters. The van der Waals surface area contributed by atoms with Crippen LogP contribution in [0.1, 0.15) is 44.0 Å². The van der Waals surface area contributed by atoms with Crippen molar-refractivity contribution in [3.05, 3.63) is 29.7 Å². The Kier molecular flexibility index (Phi) is 5.49. The van der Waals surface area contributed by atoms with Crippen LogP contribution >= 0.6 is 0 Å². The minimum Gasteiger partial charge on any atom is -0.481 e. The van der Waals surface area contributed by atoms with Crippen molar-refractivity contribution in [2.45, 2.75) is 39.0 Å². The summed E-state index contributed by atoms with van der Waals surface area (Å²) in [7, 11) is 0. The highest BCUT2D eigenvalue weighted by Crippen LogP contribution is 2.38. The molecule has 0 bridgehead atoms. The van der Waals surface area contributed by atoms with Gasteiger partial charge in [0.25, 0.3) is 0 Å². The first-order chi connectivity index (χ1) is 14.0. The van der Waals surface area contributed by atoms with Crippen molar-refractivity contribution >= 4 is 11.8 Å². The Morgan fingerprint density at radius 2 is 2.17 bits per heavy atom. The number of carbonyl (C=O) groups is 1. The van der Waals surface area contributed by atoms with Crippen molar-refractivity contribution in [2.75, 3.05) is 31.1 Å². The van der Waals surface area contributed by atoms with Crippen LogP contribution in [0.5, 0.6) is 0 Å². The molecule has 0 saturated carbocycles. The van der Waals surface area contributed by atoms with Gasteiger partial charge in [-0.15, -0.1) is 10.2 Å². The standard InChI is InChI=1S/C20H29N7O2/c1-13(2)7-16(19(28)29)15(18-23-25-26-24-18)8-14-3-4-17(22-9-14)27-11-20(12-27)5-6-21-10-20/h3-4,9,13,15-16,21H,5-8,10-12H2,1-2H3,(H,28,29)(H,23,24,25,26). The molecule has 4 heterocycles. The molecule has 9 heteroatoms. The highest BCUT2D eigenvalue weighted by Gasteiger charge is 2.45. The molecule has 2 unspecified atom stereocenters. The molecular formula is C20H29N7O2. The third kappa shape index (κ3) is 4.24. The van der Waals surface area contributed by atoms with Crippen LogP contribution < -0.4 is 10.2 Å². The zero-order valence-electron chi connectivity index (χ0n) is 17.0. The summed E-state index contributed by atoms with van der Waals surface area (Å²) >= 11 is 0. The predicted octanol–water partition coefficient (Wildman–Crippen LogP) is 1.47. The van der Waals surface area contributed by atoms with E-state index in [-0.39, 0.29) is 11.8 Å². The fourth-order valence-corrected chi connectivity index (χ4v) is 4.65. The maximum absolute atomic E-state index is 12.0. The molecule has 156 valence electrons. The van der Waals surface area contributed by atoms with E-state index in [9.17, 15) is 9.90 Å². The maximum atomic E-state index is 12.0. The van der Waals surface area contributed by atoms with Crippen LogP contribution in [-0.2, 0) is 11.2 Å². The van der Waals surface area contributed by atoms with Gasteiger partial charge >= 0.3 is 5.97 Å². The summed E-state index contributed by atoms with van der Waals surface area (Å²) in [6, 6.07) is 4.08. The number of anilines is 1. The molecule has 0 amide bonds. The third-order valence-electron chi connectivity index (χ3n) is 6.19. The van der Waals surface area contributed by atoms with E-state index in [1.54, 1.807) is 0 Å². The molecule has 2 saturated heterocycles. The molecule has 2 aliphatic rings. The number of nitrogens with one attached hydrogen (secondary N) is 2. The molecule has 0 aromatic carbocycles. The lowest BCUT2D eigenvalue weighted by molar-refractivity contribution is -0.143. The highest BCUT2D eigenvalue weighted by atomic mass is 16.4. The lowest BCUT2D eigenvalue weighted by atomic mass is 9.79. The Bertz CT molecular complexity index is 808. The molecule has 2 fully saturated rings. The molecular weight excluding hydrogens is 370 g/mol. The fraction of sp³-hybridized carbons (Fsp3) is 0.650. The summed E-state index contributed by atoms with van der Waals surface area (Å²) < 4.78 is 0. The first kappa shape index (κ1) is 19.8. The minimum atomic E-state index is -0.825. The van der Waals surface area contributed by atoms with E-state index >= 15 is 0 Å². The zero-order valence-corrected chi connectivity index (χ0v) is 17.0. The number of carboxylic acids is 1. The Hall–Kier alpha value is -2.55. The Morgan fingerprint density at radius 1 is 1.34 bits per heavy atom. The summed E-state index contributed by atoms with van der Waals surface area (Å²) in [5.41, 5.74) is 1.41. The van der Waals surface area contributed by atoms with Gasteiger partial charge in [-0.25, -0.2) is 4.98 Å². The molecule has 4 rings (SSSR count). The SMILES string of the molecule is CC(C)CC(C(=O)O)C(Cc1ccc(N2CC3(CCNC3)C2)nc1)c1nn[nH]n1. The molecule has 0 aliphatic carbocycles. The number of aromatic nitrogens is 5. The van der Waals surface area contributed by atoms with E-state index in [0.717, 1.165) is 37.6 Å². The van der Waals surface area contributed by atoms with E-state index in [4.69, 9.17) is 0 Å². The van der Waals surface area contributed by atoms with Crippen molar-refractivity contribution in [1.29, 1.82) is 0 Å². The fourth-order valence-electron chi connectivity index (χ4n) is 4.65. The van der Waals surface area contributed by atoms with Gasteiger partial charge < -0.3 is 15.3 Å². The summed E-state index contributed by atoms with van der Waals surface area (Å²) in [5, 5.41) is 27.5. The third-order valence-corrected chi connectivity index (χ3v) is 6.19. The molecule has 9 nitrogen and oxygen atoms in total. The van der Waals surface area contributed by atoms with Gasteiger partial charge in [0.2, 0.25) is 0 Å². The number of hydrogen-bond acceptors (Lipinski definition) is 7.